The van der Waals surface area contributed by atoms with Crippen molar-refractivity contribution in [2.45, 2.75) is 18.6 Å². The van der Waals surface area contributed by atoms with Crippen LogP contribution in [0.4, 0.5) is 13.2 Å². The molecule has 7 heteroatoms. The summed E-state index contributed by atoms with van der Waals surface area (Å²) < 4.78 is 36.4. The molecular weight excluding hydrogens is 310 g/mol. The van der Waals surface area contributed by atoms with Crippen LogP contribution in [0.25, 0.3) is 0 Å². The van der Waals surface area contributed by atoms with E-state index in [-0.39, 0.29) is 18.2 Å². The Labute approximate surface area is 105 Å². The lowest BCUT2D eigenvalue weighted by Crippen LogP contribution is -2.20. The van der Waals surface area contributed by atoms with Crippen LogP contribution >= 0.6 is 28.3 Å². The predicted octanol–water partition coefficient (Wildman–Crippen LogP) is 3.53. The number of aromatic hydroxyl groups is 1. The fraction of sp³-hybridized carbons (Fsp3) is 0.333. The van der Waals surface area contributed by atoms with E-state index in [9.17, 15) is 13.2 Å². The van der Waals surface area contributed by atoms with Crippen molar-refractivity contribution in [1.82, 2.24) is 0 Å². The first-order valence-corrected chi connectivity index (χ1v) is 4.89. The Morgan fingerprint density at radius 2 is 1.94 bits per heavy atom. The number of hydrogen-bond donors (Lipinski definition) is 2. The molecule has 0 spiro atoms. The molecule has 0 aliphatic heterocycles. The van der Waals surface area contributed by atoms with Crippen LogP contribution in [0, 0.1) is 0 Å². The van der Waals surface area contributed by atoms with Gasteiger partial charge < -0.3 is 10.8 Å². The summed E-state index contributed by atoms with van der Waals surface area (Å²) in [5.41, 5.74) is 5.71. The minimum atomic E-state index is -4.29. The highest BCUT2D eigenvalue weighted by molar-refractivity contribution is 9.10. The largest absolute Gasteiger partial charge is 0.507 e. The van der Waals surface area contributed by atoms with Crippen molar-refractivity contribution in [3.05, 3.63) is 28.2 Å². The number of phenols is 1. The molecule has 0 aliphatic rings. The normalized spacial score (nSPS) is 13.1. The molecule has 0 bridgehead atoms. The van der Waals surface area contributed by atoms with Gasteiger partial charge in [-0.1, -0.05) is 6.07 Å². The van der Waals surface area contributed by atoms with E-state index in [4.69, 9.17) is 10.8 Å². The Morgan fingerprint density at radius 1 is 1.38 bits per heavy atom. The van der Waals surface area contributed by atoms with Gasteiger partial charge in [0.2, 0.25) is 0 Å². The first kappa shape index (κ1) is 15.5. The van der Waals surface area contributed by atoms with Crippen LogP contribution in [0.2, 0.25) is 0 Å². The minimum absolute atomic E-state index is 0. The molecular formula is C9H10BrClF3NO. The maximum atomic E-state index is 12.0. The van der Waals surface area contributed by atoms with E-state index in [1.165, 1.54) is 18.2 Å². The van der Waals surface area contributed by atoms with Crippen molar-refractivity contribution in [2.75, 3.05) is 0 Å². The third-order valence-electron chi connectivity index (χ3n) is 1.85. The topological polar surface area (TPSA) is 46.2 Å². The average molecular weight is 321 g/mol. The van der Waals surface area contributed by atoms with Gasteiger partial charge in [-0.05, 0) is 33.6 Å². The van der Waals surface area contributed by atoms with Crippen LogP contribution in [0.3, 0.4) is 0 Å². The van der Waals surface area contributed by atoms with Gasteiger partial charge in [0.1, 0.15) is 5.75 Å². The summed E-state index contributed by atoms with van der Waals surface area (Å²) in [5.74, 6) is -0.0297. The summed E-state index contributed by atoms with van der Waals surface area (Å²) in [4.78, 5) is 0. The summed E-state index contributed by atoms with van der Waals surface area (Å²) in [5, 5.41) is 9.15. The van der Waals surface area contributed by atoms with Gasteiger partial charge in [0.15, 0.2) is 0 Å². The van der Waals surface area contributed by atoms with Gasteiger partial charge in [-0.25, -0.2) is 0 Å². The van der Waals surface area contributed by atoms with Crippen LogP contribution in [0.15, 0.2) is 22.7 Å². The Hall–Kier alpha value is -0.460. The molecule has 0 radical (unpaired) electrons. The zero-order valence-electron chi connectivity index (χ0n) is 7.96. The average Bonchev–Trinajstić information content (AvgIpc) is 2.06. The molecule has 1 rings (SSSR count). The van der Waals surface area contributed by atoms with E-state index >= 15 is 0 Å². The second kappa shape index (κ2) is 5.75. The Balaban J connectivity index is 0.00000225. The summed E-state index contributed by atoms with van der Waals surface area (Å²) in [6, 6.07) is 2.94. The Bertz CT molecular complexity index is 359. The molecule has 0 heterocycles. The van der Waals surface area contributed by atoms with Crippen LogP contribution in [-0.4, -0.2) is 11.3 Å². The first-order chi connectivity index (χ1) is 6.79. The molecule has 0 unspecified atom stereocenters. The summed E-state index contributed by atoms with van der Waals surface area (Å²) in [6.07, 6.45) is -5.37. The lowest BCUT2D eigenvalue weighted by molar-refractivity contribution is -0.138. The Morgan fingerprint density at radius 3 is 2.38 bits per heavy atom. The second-order valence-electron chi connectivity index (χ2n) is 3.14. The smallest absolute Gasteiger partial charge is 0.390 e. The highest BCUT2D eigenvalue weighted by Crippen LogP contribution is 2.31. The zero-order chi connectivity index (χ0) is 11.6. The molecule has 92 valence electrons. The van der Waals surface area contributed by atoms with Crippen molar-refractivity contribution in [3.8, 4) is 5.75 Å². The van der Waals surface area contributed by atoms with Crippen LogP contribution in [-0.2, 0) is 0 Å². The maximum absolute atomic E-state index is 12.0. The van der Waals surface area contributed by atoms with Gasteiger partial charge >= 0.3 is 6.18 Å². The molecule has 0 aromatic heterocycles. The third-order valence-corrected chi connectivity index (χ3v) is 2.49. The molecule has 3 N–H and O–H groups in total. The number of nitrogens with two attached hydrogens (primary N) is 1. The van der Waals surface area contributed by atoms with Gasteiger partial charge in [0.25, 0.3) is 0 Å². The lowest BCUT2D eigenvalue weighted by atomic mass is 10.0. The summed E-state index contributed by atoms with van der Waals surface area (Å²) in [7, 11) is 0. The first-order valence-electron chi connectivity index (χ1n) is 4.10. The molecule has 1 atom stereocenters. The van der Waals surface area contributed by atoms with Gasteiger partial charge in [0, 0.05) is 6.04 Å². The summed E-state index contributed by atoms with van der Waals surface area (Å²) >= 11 is 3.01. The monoisotopic (exact) mass is 319 g/mol. The molecule has 0 saturated carbocycles. The molecule has 1 aromatic carbocycles. The molecule has 0 amide bonds. The molecule has 0 aliphatic carbocycles. The predicted molar refractivity (Wildman–Crippen MR) is 60.7 cm³/mol. The van der Waals surface area contributed by atoms with Gasteiger partial charge in [-0.15, -0.1) is 12.4 Å². The number of halogens is 5. The Kier molecular flexibility index (Phi) is 5.58. The SMILES string of the molecule is Cl.N[C@@H](CC(F)(F)F)c1ccc(O)c(Br)c1. The van der Waals surface area contributed by atoms with E-state index in [1.807, 2.05) is 0 Å². The number of rotatable bonds is 2. The van der Waals surface area contributed by atoms with Crippen LogP contribution in [0.1, 0.15) is 18.0 Å². The van der Waals surface area contributed by atoms with Gasteiger partial charge in [-0.3, -0.25) is 0 Å². The van der Waals surface area contributed by atoms with E-state index in [2.05, 4.69) is 15.9 Å². The highest BCUT2D eigenvalue weighted by atomic mass is 79.9. The molecule has 1 aromatic rings. The second-order valence-corrected chi connectivity index (χ2v) is 3.99. The minimum Gasteiger partial charge on any atom is -0.507 e. The summed E-state index contributed by atoms with van der Waals surface area (Å²) in [6.45, 7) is 0. The fourth-order valence-corrected chi connectivity index (χ4v) is 1.52. The van der Waals surface area contributed by atoms with E-state index in [0.717, 1.165) is 0 Å². The highest BCUT2D eigenvalue weighted by Gasteiger charge is 2.30. The quantitative estimate of drug-likeness (QED) is 0.875. The zero-order valence-corrected chi connectivity index (χ0v) is 10.4. The van der Waals surface area contributed by atoms with E-state index < -0.39 is 18.6 Å². The molecule has 16 heavy (non-hydrogen) atoms. The van der Waals surface area contributed by atoms with Crippen LogP contribution < -0.4 is 5.73 Å². The van der Waals surface area contributed by atoms with Gasteiger partial charge in [-0.2, -0.15) is 13.2 Å². The van der Waals surface area contributed by atoms with Gasteiger partial charge in [0.05, 0.1) is 10.9 Å². The van der Waals surface area contributed by atoms with Crippen molar-refractivity contribution < 1.29 is 18.3 Å². The van der Waals surface area contributed by atoms with E-state index in [1.54, 1.807) is 0 Å². The number of alkyl halides is 3. The number of hydrogen-bond acceptors (Lipinski definition) is 2. The number of phenolic OH excluding ortho intramolecular Hbond substituents is 1. The van der Waals surface area contributed by atoms with Crippen molar-refractivity contribution >= 4 is 28.3 Å². The maximum Gasteiger partial charge on any atom is 0.390 e. The van der Waals surface area contributed by atoms with Crippen molar-refractivity contribution in [1.29, 1.82) is 0 Å². The standard InChI is InChI=1S/C9H9BrF3NO.ClH/c10-6-3-5(1-2-8(6)15)7(14)4-9(11,12)13;/h1-3,7,15H,4,14H2;1H/t7-;/m0./s1. The van der Waals surface area contributed by atoms with E-state index in [0.29, 0.717) is 10.0 Å². The fourth-order valence-electron chi connectivity index (χ4n) is 1.12. The molecule has 0 saturated heterocycles. The third kappa shape index (κ3) is 4.59. The lowest BCUT2D eigenvalue weighted by Gasteiger charge is -2.14. The molecule has 2 nitrogen and oxygen atoms in total. The number of benzene rings is 1. The van der Waals surface area contributed by atoms with Crippen molar-refractivity contribution in [3.63, 3.8) is 0 Å². The van der Waals surface area contributed by atoms with Crippen LogP contribution in [0.5, 0.6) is 5.75 Å². The van der Waals surface area contributed by atoms with Crippen molar-refractivity contribution in [2.24, 2.45) is 5.73 Å². The molecule has 0 fully saturated rings.